The number of hydrogen-bond donors (Lipinski definition) is 2. The van der Waals surface area contributed by atoms with Crippen molar-refractivity contribution in [2.24, 2.45) is 0 Å². The number of hydrogen-bond acceptors (Lipinski definition) is 4. The first kappa shape index (κ1) is 16.8. The van der Waals surface area contributed by atoms with E-state index in [1.165, 1.54) is 0 Å². The second-order valence-electron chi connectivity index (χ2n) is 5.83. The minimum absolute atomic E-state index is 0.113. The molecule has 4 nitrogen and oxygen atoms in total. The maximum absolute atomic E-state index is 9.79. The van der Waals surface area contributed by atoms with Crippen LogP contribution >= 0.6 is 11.6 Å². The average Bonchev–Trinajstić information content (AvgIpc) is 2.62. The molecule has 0 radical (unpaired) electrons. The van der Waals surface area contributed by atoms with Crippen LogP contribution in [0.25, 0.3) is 21.8 Å². The molecule has 2 N–H and O–H groups in total. The third kappa shape index (κ3) is 2.99. The number of ether oxygens (including phenoxy) is 1. The molecule has 0 aliphatic rings. The highest BCUT2D eigenvalue weighted by Gasteiger charge is 2.17. The molecule has 3 aromatic rings. The summed E-state index contributed by atoms with van der Waals surface area (Å²) in [5.74, 6) is 0.729. The van der Waals surface area contributed by atoms with Crippen molar-refractivity contribution in [3.8, 4) is 5.75 Å². The summed E-state index contributed by atoms with van der Waals surface area (Å²) < 4.78 is 5.27. The largest absolute Gasteiger partial charge is 0.497 e. The molecule has 1 atom stereocenters. The van der Waals surface area contributed by atoms with Gasteiger partial charge >= 0.3 is 0 Å². The fraction of sp³-hybridized carbons (Fsp3) is 0.316. The van der Waals surface area contributed by atoms with Gasteiger partial charge in [-0.15, -0.1) is 11.6 Å². The molecular weight excluding hydrogens is 324 g/mol. The Labute approximate surface area is 146 Å². The Balaban J connectivity index is 2.27. The number of methoxy groups -OCH3 is 1. The van der Waals surface area contributed by atoms with E-state index in [4.69, 9.17) is 21.3 Å². The molecule has 1 aromatic heterocycles. The lowest BCUT2D eigenvalue weighted by atomic mass is 9.98. The zero-order valence-corrected chi connectivity index (χ0v) is 14.6. The van der Waals surface area contributed by atoms with Gasteiger partial charge in [-0.05, 0) is 30.2 Å². The number of nitrogens with zero attached hydrogens (tertiary/aromatic N) is 1. The Hall–Kier alpha value is -2.04. The van der Waals surface area contributed by atoms with Gasteiger partial charge in [-0.1, -0.05) is 31.9 Å². The van der Waals surface area contributed by atoms with Crippen molar-refractivity contribution in [1.29, 1.82) is 0 Å². The molecule has 0 bridgehead atoms. The Morgan fingerprint density at radius 2 is 2.08 bits per heavy atom. The van der Waals surface area contributed by atoms with Crippen molar-refractivity contribution in [1.82, 2.24) is 4.98 Å². The molecule has 0 amide bonds. The van der Waals surface area contributed by atoms with Crippen molar-refractivity contribution in [2.45, 2.75) is 31.6 Å². The fourth-order valence-electron chi connectivity index (χ4n) is 3.05. The topological polar surface area (TPSA) is 54.4 Å². The van der Waals surface area contributed by atoms with E-state index >= 15 is 0 Å². The van der Waals surface area contributed by atoms with Crippen molar-refractivity contribution in [3.63, 3.8) is 0 Å². The number of benzene rings is 2. The molecule has 126 valence electrons. The van der Waals surface area contributed by atoms with Crippen LogP contribution in [0, 0.1) is 0 Å². The third-order valence-corrected chi connectivity index (χ3v) is 4.75. The molecular formula is C19H21ClN2O2. The zero-order chi connectivity index (χ0) is 17.1. The summed E-state index contributed by atoms with van der Waals surface area (Å²) in [6.07, 6.45) is 3.05. The number of fused-ring (bicyclic) bond motifs is 2. The molecule has 0 spiro atoms. The van der Waals surface area contributed by atoms with E-state index < -0.39 is 0 Å². The van der Waals surface area contributed by atoms with E-state index in [0.717, 1.165) is 52.4 Å². The minimum atomic E-state index is -0.113. The molecule has 0 saturated carbocycles. The van der Waals surface area contributed by atoms with Gasteiger partial charge in [0.1, 0.15) is 5.75 Å². The summed E-state index contributed by atoms with van der Waals surface area (Å²) in [4.78, 5) is 4.73. The number of pyridine rings is 1. The lowest BCUT2D eigenvalue weighted by Gasteiger charge is -2.17. The van der Waals surface area contributed by atoms with Gasteiger partial charge in [0.25, 0.3) is 0 Å². The Kier molecular flexibility index (Phi) is 5.07. The lowest BCUT2D eigenvalue weighted by Crippen LogP contribution is -2.00. The first-order valence-corrected chi connectivity index (χ1v) is 8.57. The smallest absolute Gasteiger partial charge is 0.121 e. The Morgan fingerprint density at radius 3 is 2.79 bits per heavy atom. The van der Waals surface area contributed by atoms with Gasteiger partial charge in [0.15, 0.2) is 0 Å². The molecule has 0 aliphatic carbocycles. The number of unbranched alkanes of at least 4 members (excludes halogenated alkanes) is 1. The van der Waals surface area contributed by atoms with E-state index in [1.54, 1.807) is 7.11 Å². The molecule has 1 unspecified atom stereocenters. The number of alkyl halides is 1. The molecule has 2 aromatic carbocycles. The van der Waals surface area contributed by atoms with Crippen LogP contribution in [0.3, 0.4) is 0 Å². The van der Waals surface area contributed by atoms with Crippen LogP contribution in [0.4, 0.5) is 5.69 Å². The maximum atomic E-state index is 9.79. The summed E-state index contributed by atoms with van der Waals surface area (Å²) >= 11 is 6.63. The Morgan fingerprint density at radius 1 is 1.25 bits per heavy atom. The summed E-state index contributed by atoms with van der Waals surface area (Å²) in [5.41, 5.74) is 5.54. The van der Waals surface area contributed by atoms with Gasteiger partial charge in [-0.2, -0.15) is 0 Å². The predicted molar refractivity (Wildman–Crippen MR) is 99.3 cm³/mol. The normalized spacial score (nSPS) is 12.5. The number of nitrogens with one attached hydrogen (secondary N) is 1. The standard InChI is InChI=1S/C19H21ClN2O2/c1-3-4-7-15(20)13-6-5-8-16-18(13)19(22-23)14-10-9-12(24-2)11-17(14)21-16/h5-6,8-11,15,23H,3-4,7H2,1-2H3,(H,21,22). The highest BCUT2D eigenvalue weighted by Crippen LogP contribution is 2.39. The molecule has 1 heterocycles. The first-order valence-electron chi connectivity index (χ1n) is 8.14. The zero-order valence-electron chi connectivity index (χ0n) is 13.8. The molecule has 3 rings (SSSR count). The van der Waals surface area contributed by atoms with Crippen LogP contribution in [0.5, 0.6) is 5.75 Å². The number of rotatable bonds is 6. The monoisotopic (exact) mass is 344 g/mol. The molecule has 24 heavy (non-hydrogen) atoms. The van der Waals surface area contributed by atoms with Crippen molar-refractivity contribution in [2.75, 3.05) is 12.6 Å². The van der Waals surface area contributed by atoms with Gasteiger partial charge in [0.05, 0.1) is 29.2 Å². The number of anilines is 1. The first-order chi connectivity index (χ1) is 11.7. The minimum Gasteiger partial charge on any atom is -0.497 e. The van der Waals surface area contributed by atoms with Crippen LogP contribution in [-0.2, 0) is 0 Å². The third-order valence-electron chi connectivity index (χ3n) is 4.30. The van der Waals surface area contributed by atoms with Crippen molar-refractivity contribution < 1.29 is 9.94 Å². The van der Waals surface area contributed by atoms with E-state index in [0.29, 0.717) is 5.69 Å². The quantitative estimate of drug-likeness (QED) is 0.344. The van der Waals surface area contributed by atoms with Gasteiger partial charge in [-0.3, -0.25) is 10.7 Å². The van der Waals surface area contributed by atoms with Gasteiger partial charge in [0, 0.05) is 16.8 Å². The molecule has 0 fully saturated rings. The highest BCUT2D eigenvalue weighted by atomic mass is 35.5. The average molecular weight is 345 g/mol. The number of aromatic nitrogens is 1. The van der Waals surface area contributed by atoms with Gasteiger partial charge in [0.2, 0.25) is 0 Å². The highest BCUT2D eigenvalue weighted by molar-refractivity contribution is 6.22. The van der Waals surface area contributed by atoms with Gasteiger partial charge < -0.3 is 4.74 Å². The van der Waals surface area contributed by atoms with E-state index in [-0.39, 0.29) is 5.38 Å². The van der Waals surface area contributed by atoms with Gasteiger partial charge in [-0.25, -0.2) is 4.98 Å². The van der Waals surface area contributed by atoms with E-state index in [1.807, 2.05) is 36.4 Å². The van der Waals surface area contributed by atoms with Crippen LogP contribution in [0.2, 0.25) is 0 Å². The fourth-order valence-corrected chi connectivity index (χ4v) is 3.38. The molecule has 0 saturated heterocycles. The van der Waals surface area contributed by atoms with Crippen LogP contribution in [0.15, 0.2) is 36.4 Å². The predicted octanol–water partition coefficient (Wildman–Crippen LogP) is 5.67. The summed E-state index contributed by atoms with van der Waals surface area (Å²) in [7, 11) is 1.62. The van der Waals surface area contributed by atoms with Crippen LogP contribution in [-0.4, -0.2) is 17.3 Å². The van der Waals surface area contributed by atoms with E-state index in [2.05, 4.69) is 12.4 Å². The molecule has 5 heteroatoms. The SMILES string of the molecule is CCCCC(Cl)c1cccc2nc3cc(OC)ccc3c(NO)c12. The summed E-state index contributed by atoms with van der Waals surface area (Å²) in [6.45, 7) is 2.15. The summed E-state index contributed by atoms with van der Waals surface area (Å²) in [6, 6.07) is 11.5. The Bertz CT molecular complexity index is 867. The summed E-state index contributed by atoms with van der Waals surface area (Å²) in [5, 5.41) is 11.4. The number of halogens is 1. The maximum Gasteiger partial charge on any atom is 0.121 e. The van der Waals surface area contributed by atoms with Crippen molar-refractivity contribution in [3.05, 3.63) is 42.0 Å². The van der Waals surface area contributed by atoms with E-state index in [9.17, 15) is 5.21 Å². The second-order valence-corrected chi connectivity index (χ2v) is 6.36. The molecule has 0 aliphatic heterocycles. The lowest BCUT2D eigenvalue weighted by molar-refractivity contribution is 0.390. The second kappa shape index (κ2) is 7.24. The van der Waals surface area contributed by atoms with Crippen molar-refractivity contribution >= 4 is 39.1 Å². The van der Waals surface area contributed by atoms with Crippen LogP contribution in [0.1, 0.15) is 37.1 Å². The van der Waals surface area contributed by atoms with Crippen LogP contribution < -0.4 is 10.2 Å².